The minimum absolute atomic E-state index is 0.576. The number of piperidine rings is 1. The van der Waals surface area contributed by atoms with Crippen molar-refractivity contribution < 1.29 is 4.74 Å². The molecular formula is C13H24BrNO. The lowest BCUT2D eigenvalue weighted by Gasteiger charge is -2.34. The van der Waals surface area contributed by atoms with Gasteiger partial charge in [-0.25, -0.2) is 0 Å². The summed E-state index contributed by atoms with van der Waals surface area (Å²) in [5.41, 5.74) is 0. The fraction of sp³-hybridized carbons (Fsp3) is 1.00. The van der Waals surface area contributed by atoms with Gasteiger partial charge in [0.2, 0.25) is 0 Å². The van der Waals surface area contributed by atoms with Crippen LogP contribution in [0.3, 0.4) is 0 Å². The molecule has 2 rings (SSSR count). The van der Waals surface area contributed by atoms with Crippen molar-refractivity contribution in [2.45, 2.75) is 57.1 Å². The molecule has 2 fully saturated rings. The van der Waals surface area contributed by atoms with Crippen LogP contribution in [0.4, 0.5) is 0 Å². The lowest BCUT2D eigenvalue weighted by atomic mass is 10.0. The average molecular weight is 290 g/mol. The number of alkyl halides is 1. The molecule has 0 aromatic rings. The first-order valence-electron chi connectivity index (χ1n) is 6.82. The first-order chi connectivity index (χ1) is 7.90. The zero-order chi connectivity index (χ0) is 11.2. The van der Waals surface area contributed by atoms with Gasteiger partial charge in [0.25, 0.3) is 0 Å². The van der Waals surface area contributed by atoms with Crippen molar-refractivity contribution in [1.29, 1.82) is 0 Å². The standard InChI is InChI=1S/C13H24BrNO/c14-11-12-5-1-2-8-15(12)9-3-6-13-7-4-10-16-13/h12-13H,1-11H2. The molecule has 2 aliphatic heterocycles. The first-order valence-corrected chi connectivity index (χ1v) is 7.94. The van der Waals surface area contributed by atoms with Gasteiger partial charge in [-0.15, -0.1) is 0 Å². The molecule has 0 aliphatic carbocycles. The molecule has 2 saturated heterocycles. The molecule has 94 valence electrons. The summed E-state index contributed by atoms with van der Waals surface area (Å²) in [6, 6.07) is 0.790. The number of rotatable bonds is 5. The molecule has 0 radical (unpaired) electrons. The van der Waals surface area contributed by atoms with Crippen LogP contribution >= 0.6 is 15.9 Å². The molecule has 2 heterocycles. The molecule has 2 aliphatic rings. The van der Waals surface area contributed by atoms with Crippen LogP contribution in [0.1, 0.15) is 44.9 Å². The fourth-order valence-electron chi connectivity index (χ4n) is 2.92. The van der Waals surface area contributed by atoms with Crippen molar-refractivity contribution >= 4 is 15.9 Å². The van der Waals surface area contributed by atoms with Gasteiger partial charge in [0.1, 0.15) is 0 Å². The lowest BCUT2D eigenvalue weighted by molar-refractivity contribution is 0.0933. The van der Waals surface area contributed by atoms with Crippen LogP contribution in [0.15, 0.2) is 0 Å². The third-order valence-electron chi connectivity index (χ3n) is 3.92. The second kappa shape index (κ2) is 6.97. The number of hydrogen-bond donors (Lipinski definition) is 0. The predicted octanol–water partition coefficient (Wildman–Crippen LogP) is 3.20. The smallest absolute Gasteiger partial charge is 0.0576 e. The van der Waals surface area contributed by atoms with Crippen LogP contribution in [0.25, 0.3) is 0 Å². The summed E-state index contributed by atoms with van der Waals surface area (Å²) in [6.07, 6.45) is 9.92. The van der Waals surface area contributed by atoms with Gasteiger partial charge >= 0.3 is 0 Å². The Morgan fingerprint density at radius 1 is 1.19 bits per heavy atom. The van der Waals surface area contributed by atoms with Crippen LogP contribution in [0.5, 0.6) is 0 Å². The van der Waals surface area contributed by atoms with Gasteiger partial charge in [-0.05, 0) is 51.6 Å². The Balaban J connectivity index is 1.63. The first kappa shape index (κ1) is 12.8. The Kier molecular flexibility index (Phi) is 5.60. The van der Waals surface area contributed by atoms with Gasteiger partial charge < -0.3 is 4.74 Å². The van der Waals surface area contributed by atoms with E-state index in [1.807, 2.05) is 0 Å². The third kappa shape index (κ3) is 3.71. The SMILES string of the molecule is BrCC1CCCCN1CCCC1CCCO1. The normalized spacial score (nSPS) is 32.1. The molecule has 2 unspecified atom stereocenters. The van der Waals surface area contributed by atoms with Gasteiger partial charge in [-0.3, -0.25) is 4.90 Å². The largest absolute Gasteiger partial charge is 0.378 e. The number of likely N-dealkylation sites (tertiary alicyclic amines) is 1. The van der Waals surface area contributed by atoms with E-state index in [2.05, 4.69) is 20.8 Å². The molecule has 0 saturated carbocycles. The summed E-state index contributed by atoms with van der Waals surface area (Å²) < 4.78 is 5.67. The number of nitrogens with zero attached hydrogens (tertiary/aromatic N) is 1. The van der Waals surface area contributed by atoms with E-state index in [1.54, 1.807) is 0 Å². The van der Waals surface area contributed by atoms with Crippen molar-refractivity contribution in [1.82, 2.24) is 4.90 Å². The van der Waals surface area contributed by atoms with Crippen molar-refractivity contribution in [3.63, 3.8) is 0 Å². The molecule has 0 aromatic carbocycles. The zero-order valence-electron chi connectivity index (χ0n) is 10.2. The summed E-state index contributed by atoms with van der Waals surface area (Å²) in [5.74, 6) is 0. The van der Waals surface area contributed by atoms with E-state index in [-0.39, 0.29) is 0 Å². The van der Waals surface area contributed by atoms with Crippen molar-refractivity contribution in [2.75, 3.05) is 25.0 Å². The highest BCUT2D eigenvalue weighted by atomic mass is 79.9. The van der Waals surface area contributed by atoms with Crippen molar-refractivity contribution in [2.24, 2.45) is 0 Å². The number of ether oxygens (including phenoxy) is 1. The topological polar surface area (TPSA) is 12.5 Å². The Hall–Kier alpha value is 0.400. The second-order valence-electron chi connectivity index (χ2n) is 5.12. The molecular weight excluding hydrogens is 266 g/mol. The summed E-state index contributed by atoms with van der Waals surface area (Å²) in [5, 5.41) is 1.15. The monoisotopic (exact) mass is 289 g/mol. The third-order valence-corrected chi connectivity index (χ3v) is 4.67. The molecule has 0 spiro atoms. The van der Waals surface area contributed by atoms with Crippen LogP contribution in [-0.2, 0) is 4.74 Å². The Labute approximate surface area is 108 Å². The molecule has 0 bridgehead atoms. The predicted molar refractivity (Wildman–Crippen MR) is 71.2 cm³/mol. The molecule has 0 N–H and O–H groups in total. The molecule has 2 nitrogen and oxygen atoms in total. The maximum atomic E-state index is 5.67. The summed E-state index contributed by atoms with van der Waals surface area (Å²) in [7, 11) is 0. The van der Waals surface area contributed by atoms with Gasteiger partial charge in [0.15, 0.2) is 0 Å². The molecule has 0 aromatic heterocycles. The summed E-state index contributed by atoms with van der Waals surface area (Å²) >= 11 is 3.64. The Morgan fingerprint density at radius 2 is 2.12 bits per heavy atom. The van der Waals surface area contributed by atoms with E-state index < -0.39 is 0 Å². The van der Waals surface area contributed by atoms with Crippen molar-refractivity contribution in [3.8, 4) is 0 Å². The van der Waals surface area contributed by atoms with E-state index in [4.69, 9.17) is 4.74 Å². The summed E-state index contributed by atoms with van der Waals surface area (Å²) in [6.45, 7) is 3.58. The maximum Gasteiger partial charge on any atom is 0.0576 e. The van der Waals surface area contributed by atoms with Crippen LogP contribution in [0.2, 0.25) is 0 Å². The molecule has 3 heteroatoms. The minimum atomic E-state index is 0.576. The van der Waals surface area contributed by atoms with Gasteiger partial charge in [-0.2, -0.15) is 0 Å². The van der Waals surface area contributed by atoms with E-state index >= 15 is 0 Å². The second-order valence-corrected chi connectivity index (χ2v) is 5.76. The highest BCUT2D eigenvalue weighted by Gasteiger charge is 2.21. The highest BCUT2D eigenvalue weighted by molar-refractivity contribution is 9.09. The molecule has 2 atom stereocenters. The zero-order valence-corrected chi connectivity index (χ0v) is 11.8. The Bertz CT molecular complexity index is 194. The average Bonchev–Trinajstić information content (AvgIpc) is 2.83. The van der Waals surface area contributed by atoms with Gasteiger partial charge in [0, 0.05) is 18.0 Å². The van der Waals surface area contributed by atoms with E-state index in [9.17, 15) is 0 Å². The summed E-state index contributed by atoms with van der Waals surface area (Å²) in [4.78, 5) is 2.67. The highest BCUT2D eigenvalue weighted by Crippen LogP contribution is 2.21. The Morgan fingerprint density at radius 3 is 2.88 bits per heavy atom. The fourth-order valence-corrected chi connectivity index (χ4v) is 3.66. The van der Waals surface area contributed by atoms with Crippen molar-refractivity contribution in [3.05, 3.63) is 0 Å². The van der Waals surface area contributed by atoms with E-state index in [1.165, 1.54) is 58.0 Å². The molecule has 0 amide bonds. The lowest BCUT2D eigenvalue weighted by Crippen LogP contribution is -2.41. The van der Waals surface area contributed by atoms with E-state index in [0.29, 0.717) is 6.10 Å². The maximum absolute atomic E-state index is 5.67. The minimum Gasteiger partial charge on any atom is -0.378 e. The molecule has 16 heavy (non-hydrogen) atoms. The number of hydrogen-bond acceptors (Lipinski definition) is 2. The van der Waals surface area contributed by atoms with Gasteiger partial charge in [0.05, 0.1) is 6.10 Å². The quantitative estimate of drug-likeness (QED) is 0.721. The van der Waals surface area contributed by atoms with Crippen LogP contribution in [-0.4, -0.2) is 42.1 Å². The van der Waals surface area contributed by atoms with Gasteiger partial charge in [-0.1, -0.05) is 22.4 Å². The number of halogens is 1. The van der Waals surface area contributed by atoms with Crippen LogP contribution in [0, 0.1) is 0 Å². The van der Waals surface area contributed by atoms with Crippen LogP contribution < -0.4 is 0 Å². The van der Waals surface area contributed by atoms with E-state index in [0.717, 1.165) is 18.0 Å².